The second-order valence-electron chi connectivity index (χ2n) is 5.51. The number of carbonyl (C=O) groups is 1. The van der Waals surface area contributed by atoms with E-state index in [4.69, 9.17) is 4.42 Å². The molecule has 0 spiro atoms. The van der Waals surface area contributed by atoms with Gasteiger partial charge in [-0.15, -0.1) is 16.4 Å². The highest BCUT2D eigenvalue weighted by Gasteiger charge is 2.12. The van der Waals surface area contributed by atoms with Crippen LogP contribution < -0.4 is 5.32 Å². The molecule has 4 aromatic rings. The molecule has 4 rings (SSSR count). The molecule has 0 fully saturated rings. The number of nitrogens with zero attached hydrogens (tertiary/aromatic N) is 5. The lowest BCUT2D eigenvalue weighted by Gasteiger charge is -2.06. The number of benzene rings is 1. The van der Waals surface area contributed by atoms with E-state index in [0.29, 0.717) is 16.6 Å². The van der Waals surface area contributed by atoms with E-state index in [0.717, 1.165) is 22.1 Å². The Hall–Kier alpha value is -2.98. The summed E-state index contributed by atoms with van der Waals surface area (Å²) in [4.78, 5) is 15.8. The third-order valence-corrected chi connectivity index (χ3v) is 5.34. The fourth-order valence-corrected chi connectivity index (χ4v) is 4.05. The van der Waals surface area contributed by atoms with Crippen molar-refractivity contribution in [2.24, 2.45) is 0 Å². The summed E-state index contributed by atoms with van der Waals surface area (Å²) in [6, 6.07) is 11.1. The molecule has 0 aliphatic carbocycles. The summed E-state index contributed by atoms with van der Waals surface area (Å²) in [5.41, 5.74) is 2.38. The molecule has 27 heavy (non-hydrogen) atoms. The first kappa shape index (κ1) is 17.4. The number of aromatic nitrogens is 5. The van der Waals surface area contributed by atoms with E-state index < -0.39 is 0 Å². The summed E-state index contributed by atoms with van der Waals surface area (Å²) in [5.74, 6) is 1.26. The van der Waals surface area contributed by atoms with Crippen LogP contribution in [0.1, 0.15) is 12.6 Å². The largest absolute Gasteiger partial charge is 0.462 e. The minimum Gasteiger partial charge on any atom is -0.462 e. The number of tetrazole rings is 1. The van der Waals surface area contributed by atoms with Crippen molar-refractivity contribution in [1.29, 1.82) is 0 Å². The van der Waals surface area contributed by atoms with Gasteiger partial charge in [0.1, 0.15) is 0 Å². The molecule has 1 N–H and O–H groups in total. The Kier molecular flexibility index (Phi) is 4.99. The molecule has 1 aromatic carbocycles. The van der Waals surface area contributed by atoms with Crippen LogP contribution >= 0.6 is 23.1 Å². The van der Waals surface area contributed by atoms with Crippen molar-refractivity contribution >= 4 is 34.7 Å². The van der Waals surface area contributed by atoms with Gasteiger partial charge in [0.2, 0.25) is 11.1 Å². The van der Waals surface area contributed by atoms with Gasteiger partial charge in [-0.2, -0.15) is 4.68 Å². The number of hydrogen-bond acceptors (Lipinski definition) is 8. The van der Waals surface area contributed by atoms with Crippen LogP contribution in [0.2, 0.25) is 0 Å². The Balaban J connectivity index is 1.49. The van der Waals surface area contributed by atoms with Crippen LogP contribution in [0.4, 0.5) is 5.69 Å². The number of rotatable bonds is 6. The second kappa shape index (κ2) is 7.72. The fourth-order valence-electron chi connectivity index (χ4n) is 2.37. The fraction of sp³-hybridized carbons (Fsp3) is 0.118. The van der Waals surface area contributed by atoms with E-state index >= 15 is 0 Å². The van der Waals surface area contributed by atoms with Crippen molar-refractivity contribution in [1.82, 2.24) is 25.2 Å². The topological polar surface area (TPSA) is 98.7 Å². The molecule has 10 heteroatoms. The smallest absolute Gasteiger partial charge is 0.221 e. The molecule has 3 heterocycles. The molecule has 3 aromatic heterocycles. The number of anilines is 1. The maximum absolute atomic E-state index is 11.2. The number of thioether (sulfide) groups is 1. The van der Waals surface area contributed by atoms with E-state index in [-0.39, 0.29) is 5.91 Å². The molecule has 0 aliphatic rings. The van der Waals surface area contributed by atoms with Crippen LogP contribution in [0, 0.1) is 0 Å². The number of amides is 1. The van der Waals surface area contributed by atoms with E-state index in [1.807, 2.05) is 41.8 Å². The molecule has 8 nitrogen and oxygen atoms in total. The predicted molar refractivity (Wildman–Crippen MR) is 103 cm³/mol. The van der Waals surface area contributed by atoms with Crippen LogP contribution in [0.3, 0.4) is 0 Å². The quantitative estimate of drug-likeness (QED) is 0.495. The summed E-state index contributed by atoms with van der Waals surface area (Å²) in [5, 5.41) is 18.2. The van der Waals surface area contributed by atoms with Crippen LogP contribution in [0.25, 0.3) is 16.5 Å². The van der Waals surface area contributed by atoms with Gasteiger partial charge in [0.15, 0.2) is 10.8 Å². The number of thiazole rings is 1. The first-order valence-corrected chi connectivity index (χ1v) is 9.83. The van der Waals surface area contributed by atoms with Crippen LogP contribution in [-0.4, -0.2) is 31.1 Å². The molecule has 0 atom stereocenters. The van der Waals surface area contributed by atoms with Gasteiger partial charge < -0.3 is 9.73 Å². The highest BCUT2D eigenvalue weighted by atomic mass is 32.2. The second-order valence-corrected chi connectivity index (χ2v) is 7.32. The Morgan fingerprint density at radius 2 is 2.26 bits per heavy atom. The van der Waals surface area contributed by atoms with Crippen molar-refractivity contribution < 1.29 is 9.21 Å². The Bertz CT molecular complexity index is 1060. The number of carbonyl (C=O) groups excluding carboxylic acids is 1. The lowest BCUT2D eigenvalue weighted by atomic mass is 10.3. The SMILES string of the molecule is CC(=O)Nc1cccc(-n2nnnc2SCc2csc(-c3ccco3)n2)c1. The van der Waals surface area contributed by atoms with E-state index in [9.17, 15) is 4.79 Å². The minimum atomic E-state index is -0.130. The third kappa shape index (κ3) is 4.07. The third-order valence-electron chi connectivity index (χ3n) is 3.48. The van der Waals surface area contributed by atoms with Crippen LogP contribution in [0.15, 0.2) is 57.6 Å². The van der Waals surface area contributed by atoms with Crippen LogP contribution in [0.5, 0.6) is 0 Å². The maximum Gasteiger partial charge on any atom is 0.221 e. The minimum absolute atomic E-state index is 0.130. The first-order valence-electron chi connectivity index (χ1n) is 7.96. The molecular weight excluding hydrogens is 384 g/mol. The van der Waals surface area contributed by atoms with E-state index in [1.165, 1.54) is 30.0 Å². The van der Waals surface area contributed by atoms with Gasteiger partial charge in [-0.05, 0) is 40.8 Å². The number of hydrogen-bond donors (Lipinski definition) is 1. The average molecular weight is 398 g/mol. The summed E-state index contributed by atoms with van der Waals surface area (Å²) in [6.45, 7) is 1.47. The summed E-state index contributed by atoms with van der Waals surface area (Å²) >= 11 is 3.02. The summed E-state index contributed by atoms with van der Waals surface area (Å²) < 4.78 is 7.01. The van der Waals surface area contributed by atoms with Crippen molar-refractivity contribution in [2.45, 2.75) is 17.8 Å². The Labute approximate surface area is 162 Å². The molecule has 0 saturated carbocycles. The highest BCUT2D eigenvalue weighted by Crippen LogP contribution is 2.28. The highest BCUT2D eigenvalue weighted by molar-refractivity contribution is 7.98. The molecular formula is C17H14N6O2S2. The first-order chi connectivity index (χ1) is 13.2. The molecule has 0 unspecified atom stereocenters. The molecule has 0 bridgehead atoms. The van der Waals surface area contributed by atoms with Gasteiger partial charge in [0, 0.05) is 23.7 Å². The summed E-state index contributed by atoms with van der Waals surface area (Å²) in [7, 11) is 0. The van der Waals surface area contributed by atoms with E-state index in [2.05, 4.69) is 25.8 Å². The van der Waals surface area contributed by atoms with Gasteiger partial charge in [0.25, 0.3) is 0 Å². The number of nitrogens with one attached hydrogen (secondary N) is 1. The standard InChI is InChI=1S/C17H14N6O2S2/c1-11(24)18-12-4-2-5-14(8-12)23-17(20-21-22-23)27-10-13-9-26-16(19-13)15-6-3-7-25-15/h2-9H,10H2,1H3,(H,18,24). The summed E-state index contributed by atoms with van der Waals surface area (Å²) in [6.07, 6.45) is 1.63. The Morgan fingerprint density at radius 1 is 1.33 bits per heavy atom. The molecule has 0 aliphatic heterocycles. The maximum atomic E-state index is 11.2. The van der Waals surface area contributed by atoms with Gasteiger partial charge in [-0.1, -0.05) is 17.8 Å². The van der Waals surface area contributed by atoms with Crippen LogP contribution in [-0.2, 0) is 10.5 Å². The average Bonchev–Trinajstić information content (AvgIpc) is 3.39. The van der Waals surface area contributed by atoms with E-state index in [1.54, 1.807) is 10.9 Å². The zero-order valence-corrected chi connectivity index (χ0v) is 15.8. The number of furan rings is 1. The molecule has 136 valence electrons. The van der Waals surface area contributed by atoms with Gasteiger partial charge >= 0.3 is 0 Å². The molecule has 1 amide bonds. The van der Waals surface area contributed by atoms with Gasteiger partial charge in [-0.3, -0.25) is 4.79 Å². The molecule has 0 radical (unpaired) electrons. The Morgan fingerprint density at radius 3 is 3.07 bits per heavy atom. The van der Waals surface area contributed by atoms with Crippen molar-refractivity contribution in [3.05, 3.63) is 53.7 Å². The molecule has 0 saturated heterocycles. The van der Waals surface area contributed by atoms with Crippen molar-refractivity contribution in [2.75, 3.05) is 5.32 Å². The zero-order valence-electron chi connectivity index (χ0n) is 14.2. The monoisotopic (exact) mass is 398 g/mol. The predicted octanol–water partition coefficient (Wildman–Crippen LogP) is 3.63. The van der Waals surface area contributed by atoms with Crippen molar-refractivity contribution in [3.8, 4) is 16.5 Å². The van der Waals surface area contributed by atoms with Crippen molar-refractivity contribution in [3.63, 3.8) is 0 Å². The zero-order chi connectivity index (χ0) is 18.6. The van der Waals surface area contributed by atoms with Gasteiger partial charge in [0.05, 0.1) is 17.6 Å². The lowest BCUT2D eigenvalue weighted by molar-refractivity contribution is -0.114. The lowest BCUT2D eigenvalue weighted by Crippen LogP contribution is -2.07. The normalized spacial score (nSPS) is 10.9. The van der Waals surface area contributed by atoms with Gasteiger partial charge in [-0.25, -0.2) is 4.98 Å².